The van der Waals surface area contributed by atoms with Gasteiger partial charge < -0.3 is 9.47 Å². The summed E-state index contributed by atoms with van der Waals surface area (Å²) in [6.45, 7) is 1.03. The van der Waals surface area contributed by atoms with Crippen molar-refractivity contribution in [3.05, 3.63) is 61.8 Å². The maximum atomic E-state index is 12.1. The minimum Gasteiger partial charge on any atom is -0.462 e. The van der Waals surface area contributed by atoms with Crippen molar-refractivity contribution in [3.63, 3.8) is 0 Å². The largest absolute Gasteiger partial charge is 0.462 e. The molecule has 0 atom stereocenters. The van der Waals surface area contributed by atoms with E-state index in [1.807, 2.05) is 36.4 Å². The van der Waals surface area contributed by atoms with Crippen LogP contribution in [0.25, 0.3) is 0 Å². The van der Waals surface area contributed by atoms with Gasteiger partial charge in [0.15, 0.2) is 0 Å². The summed E-state index contributed by atoms with van der Waals surface area (Å²) in [5.74, 6) is -0.425. The molecule has 0 aliphatic rings. The van der Waals surface area contributed by atoms with Gasteiger partial charge >= 0.3 is 11.9 Å². The fraction of sp³-hybridized carbons (Fsp3) is 0.533. The van der Waals surface area contributed by atoms with Gasteiger partial charge in [-0.25, -0.2) is 9.59 Å². The Morgan fingerprint density at radius 1 is 0.421 bits per heavy atom. The van der Waals surface area contributed by atoms with Gasteiger partial charge in [-0.2, -0.15) is 0 Å². The fourth-order valence-electron chi connectivity index (χ4n) is 4.17. The van der Waals surface area contributed by atoms with E-state index in [-0.39, 0.29) is 11.9 Å². The van der Waals surface area contributed by atoms with Crippen LogP contribution in [0.2, 0.25) is 0 Å². The first-order chi connectivity index (χ1) is 18.3. The molecule has 2 rings (SSSR count). The lowest BCUT2D eigenvalue weighted by Gasteiger charge is -2.07. The van der Waals surface area contributed by atoms with Crippen LogP contribution in [-0.4, -0.2) is 25.2 Å². The zero-order valence-electron chi connectivity index (χ0n) is 21.9. The Bertz CT molecular complexity index is 876. The first-order valence-electron chi connectivity index (χ1n) is 13.6. The van der Waals surface area contributed by atoms with Gasteiger partial charge in [0, 0.05) is 14.3 Å². The molecule has 0 spiro atoms. The molecule has 2 aromatic rings. The van der Waals surface area contributed by atoms with Crippen LogP contribution >= 0.6 is 90.4 Å². The highest BCUT2D eigenvalue weighted by atomic mass is 127. The second-order valence-corrected chi connectivity index (χ2v) is 14.5. The fourth-order valence-corrected chi connectivity index (χ4v) is 8.04. The van der Waals surface area contributed by atoms with Gasteiger partial charge in [-0.15, -0.1) is 0 Å². The predicted molar refractivity (Wildman–Crippen MR) is 189 cm³/mol. The van der Waals surface area contributed by atoms with Gasteiger partial charge in [-0.05, 0) is 140 Å². The van der Waals surface area contributed by atoms with Crippen molar-refractivity contribution in [2.24, 2.45) is 0 Å². The number of carbonyl (C=O) groups excluding carboxylic acids is 2. The molecular formula is C30H38I4O4. The quantitative estimate of drug-likeness (QED) is 0.0800. The Labute approximate surface area is 283 Å². The number of unbranched alkanes of at least 4 members (excludes halogenated alkanes) is 13. The molecule has 0 unspecified atom stereocenters. The molecule has 4 nitrogen and oxygen atoms in total. The standard InChI is InChI=1S/C30H38I4O4/c31-25-17-23(18-26(32)21-25)29(35)37-15-13-11-9-7-5-3-1-2-4-6-8-10-12-14-16-38-30(36)24-19-27(33)22-28(34)20-24/h17-22H,1-16H2. The van der Waals surface area contributed by atoms with Gasteiger partial charge in [-0.3, -0.25) is 0 Å². The summed E-state index contributed by atoms with van der Waals surface area (Å²) >= 11 is 8.90. The Morgan fingerprint density at radius 2 is 0.658 bits per heavy atom. The number of hydrogen-bond donors (Lipinski definition) is 0. The maximum absolute atomic E-state index is 12.1. The minimum absolute atomic E-state index is 0.213. The predicted octanol–water partition coefficient (Wildman–Crippen LogP) is 10.6. The highest BCUT2D eigenvalue weighted by molar-refractivity contribution is 14.1. The first kappa shape index (κ1) is 34.5. The third kappa shape index (κ3) is 15.9. The van der Waals surface area contributed by atoms with E-state index in [2.05, 4.69) is 90.4 Å². The highest BCUT2D eigenvalue weighted by Crippen LogP contribution is 2.17. The molecule has 0 radical (unpaired) electrons. The number of ether oxygens (including phenoxy) is 2. The monoisotopic (exact) mass is 970 g/mol. The summed E-state index contributed by atoms with van der Waals surface area (Å²) in [5.41, 5.74) is 1.29. The van der Waals surface area contributed by atoms with Crippen molar-refractivity contribution in [1.82, 2.24) is 0 Å². The van der Waals surface area contributed by atoms with E-state index in [4.69, 9.17) is 9.47 Å². The second-order valence-electron chi connectivity index (χ2n) is 9.54. The molecule has 2 aromatic carbocycles. The van der Waals surface area contributed by atoms with Gasteiger partial charge in [0.2, 0.25) is 0 Å². The van der Waals surface area contributed by atoms with Crippen LogP contribution < -0.4 is 0 Å². The zero-order chi connectivity index (χ0) is 27.6. The van der Waals surface area contributed by atoms with Gasteiger partial charge in [0.05, 0.1) is 24.3 Å². The lowest BCUT2D eigenvalue weighted by molar-refractivity contribution is 0.0488. The Morgan fingerprint density at radius 3 is 0.921 bits per heavy atom. The Hall–Kier alpha value is 0.300. The Balaban J connectivity index is 1.31. The van der Waals surface area contributed by atoms with E-state index >= 15 is 0 Å². The van der Waals surface area contributed by atoms with Crippen molar-refractivity contribution < 1.29 is 19.1 Å². The van der Waals surface area contributed by atoms with Crippen LogP contribution in [0.3, 0.4) is 0 Å². The molecule has 0 heterocycles. The van der Waals surface area contributed by atoms with E-state index < -0.39 is 0 Å². The highest BCUT2D eigenvalue weighted by Gasteiger charge is 2.10. The Kier molecular flexibility index (Phi) is 19.1. The lowest BCUT2D eigenvalue weighted by Crippen LogP contribution is -2.07. The van der Waals surface area contributed by atoms with Crippen molar-refractivity contribution in [1.29, 1.82) is 0 Å². The molecular weight excluding hydrogens is 932 g/mol. The molecule has 38 heavy (non-hydrogen) atoms. The average molecular weight is 970 g/mol. The van der Waals surface area contributed by atoms with Crippen LogP contribution in [0, 0.1) is 14.3 Å². The molecule has 210 valence electrons. The van der Waals surface area contributed by atoms with E-state index in [9.17, 15) is 9.59 Å². The number of halogens is 4. The van der Waals surface area contributed by atoms with Crippen molar-refractivity contribution in [2.75, 3.05) is 13.2 Å². The molecule has 0 saturated carbocycles. The second kappa shape index (κ2) is 21.1. The lowest BCUT2D eigenvalue weighted by atomic mass is 10.0. The molecule has 0 fully saturated rings. The van der Waals surface area contributed by atoms with E-state index in [1.54, 1.807) is 0 Å². The van der Waals surface area contributed by atoms with Gasteiger partial charge in [0.25, 0.3) is 0 Å². The molecule has 0 bridgehead atoms. The van der Waals surface area contributed by atoms with Crippen LogP contribution in [0.5, 0.6) is 0 Å². The minimum atomic E-state index is -0.213. The third-order valence-electron chi connectivity index (χ3n) is 6.20. The van der Waals surface area contributed by atoms with Crippen LogP contribution in [0.4, 0.5) is 0 Å². The van der Waals surface area contributed by atoms with E-state index in [0.717, 1.165) is 40.0 Å². The number of rotatable bonds is 19. The van der Waals surface area contributed by atoms with E-state index in [1.165, 1.54) is 64.2 Å². The molecule has 0 N–H and O–H groups in total. The number of benzene rings is 2. The van der Waals surface area contributed by atoms with Crippen molar-refractivity contribution >= 4 is 102 Å². The maximum Gasteiger partial charge on any atom is 0.338 e. The smallest absolute Gasteiger partial charge is 0.338 e. The van der Waals surface area contributed by atoms with Crippen molar-refractivity contribution in [2.45, 2.75) is 89.9 Å². The number of esters is 2. The molecule has 0 amide bonds. The normalized spacial score (nSPS) is 10.9. The molecule has 0 aromatic heterocycles. The van der Waals surface area contributed by atoms with Crippen LogP contribution in [-0.2, 0) is 9.47 Å². The average Bonchev–Trinajstić information content (AvgIpc) is 2.86. The molecule has 8 heteroatoms. The number of hydrogen-bond acceptors (Lipinski definition) is 4. The summed E-state index contributed by atoms with van der Waals surface area (Å²) in [4.78, 5) is 24.3. The van der Waals surface area contributed by atoms with Crippen LogP contribution in [0.1, 0.15) is 111 Å². The first-order valence-corrected chi connectivity index (χ1v) is 17.9. The van der Waals surface area contributed by atoms with E-state index in [0.29, 0.717) is 24.3 Å². The van der Waals surface area contributed by atoms with Gasteiger partial charge in [-0.1, -0.05) is 77.0 Å². The van der Waals surface area contributed by atoms with Crippen molar-refractivity contribution in [3.8, 4) is 0 Å². The molecule has 0 saturated heterocycles. The number of carbonyl (C=O) groups is 2. The summed E-state index contributed by atoms with van der Waals surface area (Å²) in [5, 5.41) is 0. The zero-order valence-corrected chi connectivity index (χ0v) is 30.6. The van der Waals surface area contributed by atoms with Crippen LogP contribution in [0.15, 0.2) is 36.4 Å². The summed E-state index contributed by atoms with van der Waals surface area (Å²) in [7, 11) is 0. The molecule has 0 aliphatic carbocycles. The third-order valence-corrected chi connectivity index (χ3v) is 8.69. The summed E-state index contributed by atoms with van der Waals surface area (Å²) < 4.78 is 15.1. The topological polar surface area (TPSA) is 52.6 Å². The molecule has 0 aliphatic heterocycles. The SMILES string of the molecule is O=C(OCCCCCCCCCCCCCCCCOC(=O)c1cc(I)cc(I)c1)c1cc(I)cc(I)c1. The summed E-state index contributed by atoms with van der Waals surface area (Å²) in [6, 6.07) is 11.6. The van der Waals surface area contributed by atoms with Gasteiger partial charge in [0.1, 0.15) is 0 Å². The summed E-state index contributed by atoms with van der Waals surface area (Å²) in [6.07, 6.45) is 17.1.